The minimum absolute atomic E-state index is 0. The van der Waals surface area contributed by atoms with Crippen molar-refractivity contribution in [1.29, 1.82) is 0 Å². The van der Waals surface area contributed by atoms with E-state index in [-0.39, 0.29) is 23.9 Å². The highest BCUT2D eigenvalue weighted by atomic mass is 35.5. The van der Waals surface area contributed by atoms with E-state index in [9.17, 15) is 17.6 Å². The average molecular weight is 308 g/mol. The Balaban J connectivity index is 0.00000289. The van der Waals surface area contributed by atoms with Crippen molar-refractivity contribution in [2.45, 2.75) is 18.8 Å². The first kappa shape index (κ1) is 17.3. The Morgan fingerprint density at radius 2 is 1.94 bits per heavy atom. The zero-order valence-electron chi connectivity index (χ0n) is 9.01. The van der Waals surface area contributed by atoms with E-state index in [1.165, 1.54) is 12.1 Å². The molecule has 0 bridgehead atoms. The first-order chi connectivity index (χ1) is 7.83. The highest BCUT2D eigenvalue weighted by molar-refractivity contribution is 6.32. The Morgan fingerprint density at radius 3 is 2.39 bits per heavy atom. The molecule has 1 rings (SSSR count). The molecule has 0 aliphatic carbocycles. The van der Waals surface area contributed by atoms with Crippen LogP contribution in [-0.4, -0.2) is 13.0 Å². The fourth-order valence-electron chi connectivity index (χ4n) is 1.24. The van der Waals surface area contributed by atoms with Crippen molar-refractivity contribution in [1.82, 2.24) is 0 Å². The van der Waals surface area contributed by atoms with Crippen LogP contribution in [-0.2, 0) is 0 Å². The van der Waals surface area contributed by atoms with Crippen LogP contribution in [0.1, 0.15) is 18.0 Å². The summed E-state index contributed by atoms with van der Waals surface area (Å²) < 4.78 is 51.6. The number of halogens is 6. The Kier molecular flexibility index (Phi) is 6.73. The van der Waals surface area contributed by atoms with Crippen molar-refractivity contribution in [2.24, 2.45) is 5.73 Å². The molecular formula is C10H11Cl2F4NO. The van der Waals surface area contributed by atoms with Gasteiger partial charge in [-0.15, -0.1) is 25.6 Å². The van der Waals surface area contributed by atoms with Crippen LogP contribution in [0.5, 0.6) is 5.75 Å². The predicted molar refractivity (Wildman–Crippen MR) is 62.9 cm³/mol. The van der Waals surface area contributed by atoms with Crippen molar-refractivity contribution in [3.63, 3.8) is 0 Å². The van der Waals surface area contributed by atoms with Crippen LogP contribution in [0.4, 0.5) is 17.6 Å². The fraction of sp³-hybridized carbons (Fsp3) is 0.400. The molecule has 1 aromatic rings. The van der Waals surface area contributed by atoms with Gasteiger partial charge in [0.1, 0.15) is 5.75 Å². The van der Waals surface area contributed by atoms with Gasteiger partial charge in [-0.25, -0.2) is 0 Å². The average Bonchev–Trinajstić information content (AvgIpc) is 2.19. The normalized spacial score (nSPS) is 12.8. The van der Waals surface area contributed by atoms with Crippen LogP contribution >= 0.6 is 24.0 Å². The van der Waals surface area contributed by atoms with E-state index < -0.39 is 24.8 Å². The first-order valence-electron chi connectivity index (χ1n) is 4.70. The van der Waals surface area contributed by atoms with Crippen LogP contribution in [0, 0.1) is 0 Å². The van der Waals surface area contributed by atoms with Gasteiger partial charge in [0, 0.05) is 6.04 Å². The van der Waals surface area contributed by atoms with Gasteiger partial charge in [-0.2, -0.15) is 0 Å². The lowest BCUT2D eigenvalue weighted by atomic mass is 10.1. The van der Waals surface area contributed by atoms with Crippen LogP contribution in [0.15, 0.2) is 18.2 Å². The summed E-state index contributed by atoms with van der Waals surface area (Å²) in [6.45, 7) is -0.612. The Labute approximate surface area is 112 Å². The zero-order valence-corrected chi connectivity index (χ0v) is 10.6. The fourth-order valence-corrected chi connectivity index (χ4v) is 1.47. The molecule has 1 aromatic carbocycles. The maximum atomic E-state index is 12.0. The Morgan fingerprint density at radius 1 is 1.33 bits per heavy atom. The lowest BCUT2D eigenvalue weighted by molar-refractivity contribution is -0.274. The maximum absolute atomic E-state index is 12.0. The van der Waals surface area contributed by atoms with Crippen molar-refractivity contribution >= 4 is 24.0 Å². The summed E-state index contributed by atoms with van der Waals surface area (Å²) in [4.78, 5) is 0. The molecular weight excluding hydrogens is 297 g/mol. The van der Waals surface area contributed by atoms with Crippen LogP contribution in [0.3, 0.4) is 0 Å². The molecule has 1 atom stereocenters. The van der Waals surface area contributed by atoms with E-state index in [0.29, 0.717) is 5.56 Å². The van der Waals surface area contributed by atoms with Crippen molar-refractivity contribution in [3.05, 3.63) is 28.8 Å². The monoisotopic (exact) mass is 307 g/mol. The van der Waals surface area contributed by atoms with Gasteiger partial charge in [0.05, 0.1) is 11.7 Å². The molecule has 0 saturated carbocycles. The second kappa shape index (κ2) is 7.01. The van der Waals surface area contributed by atoms with Gasteiger partial charge in [-0.3, -0.25) is 4.39 Å². The second-order valence-electron chi connectivity index (χ2n) is 3.32. The SMILES string of the molecule is Cl.N[C@H](CCF)c1ccc(OC(F)(F)F)c(Cl)c1. The van der Waals surface area contributed by atoms with E-state index in [1.54, 1.807) is 0 Å². The van der Waals surface area contributed by atoms with Crippen LogP contribution < -0.4 is 10.5 Å². The zero-order chi connectivity index (χ0) is 13.1. The van der Waals surface area contributed by atoms with Gasteiger partial charge in [-0.05, 0) is 24.1 Å². The van der Waals surface area contributed by atoms with Gasteiger partial charge in [0.2, 0.25) is 0 Å². The van der Waals surface area contributed by atoms with E-state index in [4.69, 9.17) is 17.3 Å². The standard InChI is InChI=1S/C10H10ClF4NO.ClH/c11-7-5-6(8(16)3-4-12)1-2-9(7)17-10(13,14)15;/h1-2,5,8H,3-4,16H2;1H/t8-;/m1./s1. The summed E-state index contributed by atoms with van der Waals surface area (Å²) in [6, 6.07) is 3.02. The molecule has 0 amide bonds. The van der Waals surface area contributed by atoms with E-state index in [0.717, 1.165) is 6.07 Å². The van der Waals surface area contributed by atoms with Gasteiger partial charge in [0.25, 0.3) is 0 Å². The Bertz CT molecular complexity index is 387. The second-order valence-corrected chi connectivity index (χ2v) is 3.73. The van der Waals surface area contributed by atoms with Gasteiger partial charge in [0.15, 0.2) is 0 Å². The van der Waals surface area contributed by atoms with Crippen LogP contribution in [0.25, 0.3) is 0 Å². The topological polar surface area (TPSA) is 35.2 Å². The number of ether oxygens (including phenoxy) is 1. The molecule has 104 valence electrons. The van der Waals surface area contributed by atoms with Gasteiger partial charge >= 0.3 is 6.36 Å². The quantitative estimate of drug-likeness (QED) is 0.853. The van der Waals surface area contributed by atoms with Crippen molar-refractivity contribution in [2.75, 3.05) is 6.67 Å². The molecule has 0 aromatic heterocycles. The highest BCUT2D eigenvalue weighted by Crippen LogP contribution is 2.32. The number of hydrogen-bond acceptors (Lipinski definition) is 2. The molecule has 0 heterocycles. The molecule has 18 heavy (non-hydrogen) atoms. The third-order valence-electron chi connectivity index (χ3n) is 2.03. The molecule has 8 heteroatoms. The van der Waals surface area contributed by atoms with E-state index >= 15 is 0 Å². The largest absolute Gasteiger partial charge is 0.573 e. The number of benzene rings is 1. The molecule has 0 aliphatic heterocycles. The summed E-state index contributed by atoms with van der Waals surface area (Å²) in [7, 11) is 0. The summed E-state index contributed by atoms with van der Waals surface area (Å²) >= 11 is 5.61. The highest BCUT2D eigenvalue weighted by Gasteiger charge is 2.32. The van der Waals surface area contributed by atoms with Crippen molar-refractivity contribution < 1.29 is 22.3 Å². The Hall–Kier alpha value is -0.720. The smallest absolute Gasteiger partial charge is 0.404 e. The van der Waals surface area contributed by atoms with Gasteiger partial charge in [-0.1, -0.05) is 17.7 Å². The first-order valence-corrected chi connectivity index (χ1v) is 5.08. The molecule has 0 unspecified atom stereocenters. The predicted octanol–water partition coefficient (Wildman–Crippen LogP) is 4.02. The summed E-state index contributed by atoms with van der Waals surface area (Å²) in [5.41, 5.74) is 6.05. The molecule has 0 fully saturated rings. The number of rotatable bonds is 4. The van der Waals surface area contributed by atoms with Crippen LogP contribution in [0.2, 0.25) is 5.02 Å². The minimum Gasteiger partial charge on any atom is -0.404 e. The molecule has 0 radical (unpaired) electrons. The van der Waals surface area contributed by atoms with Crippen molar-refractivity contribution in [3.8, 4) is 5.75 Å². The number of alkyl halides is 4. The van der Waals surface area contributed by atoms with Gasteiger partial charge < -0.3 is 10.5 Å². The molecule has 0 saturated heterocycles. The third-order valence-corrected chi connectivity index (χ3v) is 2.33. The van der Waals surface area contributed by atoms with E-state index in [1.807, 2.05) is 0 Å². The lowest BCUT2D eigenvalue weighted by Gasteiger charge is -2.14. The minimum atomic E-state index is -4.80. The third kappa shape index (κ3) is 5.29. The summed E-state index contributed by atoms with van der Waals surface area (Å²) in [5, 5.41) is -0.214. The summed E-state index contributed by atoms with van der Waals surface area (Å²) in [5.74, 6) is -0.504. The van der Waals surface area contributed by atoms with E-state index in [2.05, 4.69) is 4.74 Å². The number of nitrogens with two attached hydrogens (primary N) is 1. The number of hydrogen-bond donors (Lipinski definition) is 1. The molecule has 0 aliphatic rings. The molecule has 2 N–H and O–H groups in total. The maximum Gasteiger partial charge on any atom is 0.573 e. The lowest BCUT2D eigenvalue weighted by Crippen LogP contribution is -2.17. The molecule has 0 spiro atoms. The molecule has 2 nitrogen and oxygen atoms in total. The summed E-state index contributed by atoms with van der Waals surface area (Å²) in [6.07, 6.45) is -4.72.